The number of unbranched alkanes of at least 4 members (excludes halogenated alkanes) is 6. The molecule has 0 radical (unpaired) electrons. The monoisotopic (exact) mass is 793 g/mol. The summed E-state index contributed by atoms with van der Waals surface area (Å²) in [6, 6.07) is 8.45. The summed E-state index contributed by atoms with van der Waals surface area (Å²) in [5.41, 5.74) is 1.38. The minimum absolute atomic E-state index is 0.0244. The maximum absolute atomic E-state index is 8.59. The van der Waals surface area contributed by atoms with Crippen molar-refractivity contribution in [2.75, 3.05) is 172 Å². The van der Waals surface area contributed by atoms with E-state index in [2.05, 4.69) is 31.2 Å². The van der Waals surface area contributed by atoms with Crippen LogP contribution < -0.4 is 4.74 Å². The van der Waals surface area contributed by atoms with Crippen LogP contribution in [-0.2, 0) is 63.3 Å². The normalized spacial score (nSPS) is 11.5. The van der Waals surface area contributed by atoms with E-state index in [1.54, 1.807) is 0 Å². The van der Waals surface area contributed by atoms with Crippen LogP contribution in [0, 0.1) is 0 Å². The van der Waals surface area contributed by atoms with Crippen molar-refractivity contribution in [1.82, 2.24) is 0 Å². The highest BCUT2D eigenvalue weighted by Gasteiger charge is 2.00. The molecule has 1 rings (SSSR count). The van der Waals surface area contributed by atoms with Crippen molar-refractivity contribution in [3.05, 3.63) is 29.8 Å². The highest BCUT2D eigenvalue weighted by molar-refractivity contribution is 5.27. The summed E-state index contributed by atoms with van der Waals surface area (Å²) in [4.78, 5) is 0. The molecule has 0 heterocycles. The summed E-state index contributed by atoms with van der Waals surface area (Å²) in [6.45, 7) is 14.8. The molecule has 0 bridgehead atoms. The lowest BCUT2D eigenvalue weighted by atomic mass is 10.0. The van der Waals surface area contributed by atoms with Crippen LogP contribution in [0.2, 0.25) is 0 Å². The average molecular weight is 793 g/mol. The van der Waals surface area contributed by atoms with Crippen molar-refractivity contribution >= 4 is 0 Å². The Bertz CT molecular complexity index is 851. The largest absolute Gasteiger partial charge is 0.491 e. The van der Waals surface area contributed by atoms with Gasteiger partial charge in [0, 0.05) is 0 Å². The number of benzene rings is 1. The minimum atomic E-state index is 0.0244. The van der Waals surface area contributed by atoms with Crippen molar-refractivity contribution in [2.24, 2.45) is 0 Å². The Morgan fingerprint density at radius 2 is 0.600 bits per heavy atom. The molecule has 0 unspecified atom stereocenters. The predicted octanol–water partition coefficient (Wildman–Crippen LogP) is 4.55. The Balaban J connectivity index is 1.67. The zero-order chi connectivity index (χ0) is 39.2. The van der Waals surface area contributed by atoms with Gasteiger partial charge in [-0.15, -0.1) is 0 Å². The first-order valence-electron chi connectivity index (χ1n) is 20.6. The fraction of sp³-hybridized carbons (Fsp3) is 0.854. The Morgan fingerprint density at radius 1 is 0.327 bits per heavy atom. The van der Waals surface area contributed by atoms with Crippen LogP contribution in [0.3, 0.4) is 0 Å². The van der Waals surface area contributed by atoms with Gasteiger partial charge in [0.05, 0.1) is 165 Å². The van der Waals surface area contributed by atoms with Gasteiger partial charge in [-0.05, 0) is 30.5 Å². The molecule has 14 nitrogen and oxygen atoms in total. The minimum Gasteiger partial charge on any atom is -0.491 e. The molecule has 0 atom stereocenters. The van der Waals surface area contributed by atoms with E-state index in [9.17, 15) is 0 Å². The van der Waals surface area contributed by atoms with Crippen molar-refractivity contribution in [3.63, 3.8) is 0 Å². The van der Waals surface area contributed by atoms with Crippen LogP contribution in [0.4, 0.5) is 0 Å². The van der Waals surface area contributed by atoms with E-state index in [0.29, 0.717) is 165 Å². The van der Waals surface area contributed by atoms with Gasteiger partial charge in [0.2, 0.25) is 0 Å². The van der Waals surface area contributed by atoms with Gasteiger partial charge in [0.1, 0.15) is 12.4 Å². The highest BCUT2D eigenvalue weighted by Crippen LogP contribution is 2.15. The third-order valence-electron chi connectivity index (χ3n) is 7.82. The third-order valence-corrected chi connectivity index (χ3v) is 7.82. The van der Waals surface area contributed by atoms with Gasteiger partial charge in [-0.25, -0.2) is 0 Å². The number of hydrogen-bond acceptors (Lipinski definition) is 14. The Hall–Kier alpha value is -1.50. The van der Waals surface area contributed by atoms with Crippen LogP contribution in [0.5, 0.6) is 5.75 Å². The third kappa shape index (κ3) is 40.5. The van der Waals surface area contributed by atoms with E-state index in [0.717, 1.165) is 12.2 Å². The van der Waals surface area contributed by atoms with Crippen molar-refractivity contribution in [1.29, 1.82) is 0 Å². The first-order chi connectivity index (χ1) is 27.4. The van der Waals surface area contributed by atoms with Crippen molar-refractivity contribution < 1.29 is 66.7 Å². The standard InChI is InChI=1S/C41H76O14/c1-2-3-4-5-6-7-8-9-40-10-12-41(13-11-40)55-39-38-54-37-36-53-35-34-52-33-32-51-31-30-50-29-28-49-27-26-48-25-24-47-23-22-46-21-20-45-19-18-44-17-16-43-15-14-42/h10-13,42H,2-9,14-39H2,1H3. The van der Waals surface area contributed by atoms with E-state index >= 15 is 0 Å². The molecule has 55 heavy (non-hydrogen) atoms. The maximum atomic E-state index is 8.59. The molecular formula is C41H76O14. The lowest BCUT2D eigenvalue weighted by Crippen LogP contribution is -2.15. The number of rotatable bonds is 47. The molecule has 1 N–H and O–H groups in total. The average Bonchev–Trinajstić information content (AvgIpc) is 3.20. The quantitative estimate of drug-likeness (QED) is 0.0924. The summed E-state index contributed by atoms with van der Waals surface area (Å²) in [6.07, 6.45) is 10.5. The predicted molar refractivity (Wildman–Crippen MR) is 211 cm³/mol. The lowest BCUT2D eigenvalue weighted by molar-refractivity contribution is -0.0287. The zero-order valence-electron chi connectivity index (χ0n) is 34.1. The topological polar surface area (TPSA) is 140 Å². The van der Waals surface area contributed by atoms with Gasteiger partial charge in [-0.2, -0.15) is 0 Å². The molecule has 0 aliphatic rings. The zero-order valence-corrected chi connectivity index (χ0v) is 34.1. The van der Waals surface area contributed by atoms with E-state index in [1.165, 1.54) is 50.5 Å². The molecule has 324 valence electrons. The summed E-state index contributed by atoms with van der Waals surface area (Å²) in [7, 11) is 0. The number of aliphatic hydroxyl groups excluding tert-OH is 1. The molecular weight excluding hydrogens is 716 g/mol. The fourth-order valence-corrected chi connectivity index (χ4v) is 4.84. The van der Waals surface area contributed by atoms with Crippen LogP contribution in [-0.4, -0.2) is 177 Å². The van der Waals surface area contributed by atoms with Gasteiger partial charge in [-0.3, -0.25) is 0 Å². The number of aryl methyl sites for hydroxylation is 1. The number of aliphatic hydroxyl groups is 1. The molecule has 0 spiro atoms. The molecule has 0 saturated heterocycles. The van der Waals surface area contributed by atoms with E-state index in [1.807, 2.05) is 0 Å². The van der Waals surface area contributed by atoms with Gasteiger partial charge in [-0.1, -0.05) is 57.6 Å². The fourth-order valence-electron chi connectivity index (χ4n) is 4.84. The summed E-state index contributed by atoms with van der Waals surface area (Å²) in [5, 5.41) is 8.59. The van der Waals surface area contributed by atoms with Crippen molar-refractivity contribution in [2.45, 2.75) is 58.3 Å². The summed E-state index contributed by atoms with van der Waals surface area (Å²) in [5.74, 6) is 0.884. The highest BCUT2D eigenvalue weighted by atomic mass is 16.6. The summed E-state index contributed by atoms with van der Waals surface area (Å²) >= 11 is 0. The van der Waals surface area contributed by atoms with Gasteiger partial charge < -0.3 is 66.7 Å². The van der Waals surface area contributed by atoms with Gasteiger partial charge >= 0.3 is 0 Å². The van der Waals surface area contributed by atoms with Crippen LogP contribution >= 0.6 is 0 Å². The molecule has 0 aromatic heterocycles. The SMILES string of the molecule is CCCCCCCCCc1ccc(OCCOCCOCCOCCOCCOCCOCCOCCOCCOCCOCCOCCOCCO)cc1. The molecule has 0 amide bonds. The Labute approximate surface area is 331 Å². The Kier molecular flexibility index (Phi) is 42.3. The molecule has 1 aromatic rings. The van der Waals surface area contributed by atoms with Gasteiger partial charge in [0.25, 0.3) is 0 Å². The smallest absolute Gasteiger partial charge is 0.119 e. The first-order valence-corrected chi connectivity index (χ1v) is 20.6. The molecule has 0 aliphatic heterocycles. The van der Waals surface area contributed by atoms with Crippen LogP contribution in [0.25, 0.3) is 0 Å². The van der Waals surface area contributed by atoms with Crippen LogP contribution in [0.15, 0.2) is 24.3 Å². The van der Waals surface area contributed by atoms with E-state index in [4.69, 9.17) is 66.7 Å². The molecule has 0 aliphatic carbocycles. The van der Waals surface area contributed by atoms with Crippen molar-refractivity contribution in [3.8, 4) is 5.75 Å². The lowest BCUT2D eigenvalue weighted by Gasteiger charge is -2.09. The Morgan fingerprint density at radius 3 is 0.909 bits per heavy atom. The first kappa shape index (κ1) is 51.5. The second-order valence-electron chi connectivity index (χ2n) is 12.4. The van der Waals surface area contributed by atoms with E-state index in [-0.39, 0.29) is 6.61 Å². The molecule has 0 fully saturated rings. The van der Waals surface area contributed by atoms with E-state index < -0.39 is 0 Å². The maximum Gasteiger partial charge on any atom is 0.119 e. The number of ether oxygens (including phenoxy) is 13. The molecule has 14 heteroatoms. The van der Waals surface area contributed by atoms with Crippen LogP contribution in [0.1, 0.15) is 57.4 Å². The summed E-state index contributed by atoms with van der Waals surface area (Å²) < 4.78 is 71.2. The molecule has 0 saturated carbocycles. The molecule has 1 aromatic carbocycles. The number of hydrogen-bond donors (Lipinski definition) is 1. The second-order valence-corrected chi connectivity index (χ2v) is 12.4. The van der Waals surface area contributed by atoms with Gasteiger partial charge in [0.15, 0.2) is 0 Å². The second kappa shape index (κ2) is 45.2.